The molecule has 2 amide bonds. The third kappa shape index (κ3) is 2.30. The number of carbonyl (C=O) groups is 2. The van der Waals surface area contributed by atoms with Gasteiger partial charge in [-0.2, -0.15) is 0 Å². The van der Waals surface area contributed by atoms with Crippen LogP contribution >= 0.6 is 0 Å². The van der Waals surface area contributed by atoms with Crippen molar-refractivity contribution in [2.45, 2.75) is 57.4 Å². The molecule has 5 heteroatoms. The summed E-state index contributed by atoms with van der Waals surface area (Å²) in [7, 11) is 0. The van der Waals surface area contributed by atoms with Crippen LogP contribution in [-0.4, -0.2) is 45.7 Å². The van der Waals surface area contributed by atoms with Crippen molar-refractivity contribution in [3.63, 3.8) is 0 Å². The van der Waals surface area contributed by atoms with Crippen molar-refractivity contribution in [3.05, 3.63) is 0 Å². The van der Waals surface area contributed by atoms with E-state index in [1.807, 2.05) is 0 Å². The summed E-state index contributed by atoms with van der Waals surface area (Å²) in [4.78, 5) is 25.9. The molecule has 1 heterocycles. The lowest BCUT2D eigenvalue weighted by molar-refractivity contribution is -0.166. The number of aliphatic hydroxyl groups excluding tert-OH is 2. The first-order valence-electron chi connectivity index (χ1n) is 7.10. The summed E-state index contributed by atoms with van der Waals surface area (Å²) >= 11 is 0. The first kappa shape index (κ1) is 14.5. The molecule has 1 spiro atoms. The quantitative estimate of drug-likeness (QED) is 0.741. The predicted octanol–water partition coefficient (Wildman–Crippen LogP) is 0.829. The molecule has 5 nitrogen and oxygen atoms in total. The van der Waals surface area contributed by atoms with Crippen molar-refractivity contribution in [2.75, 3.05) is 13.2 Å². The number of nitrogens with zero attached hydrogens (tertiary/aromatic N) is 1. The fourth-order valence-electron chi connectivity index (χ4n) is 3.58. The summed E-state index contributed by atoms with van der Waals surface area (Å²) in [5, 5.41) is 19.0. The third-order valence-electron chi connectivity index (χ3n) is 4.94. The number of piperidine rings is 1. The van der Waals surface area contributed by atoms with Crippen molar-refractivity contribution in [1.82, 2.24) is 4.90 Å². The molecular formula is C14H23NO4. The Balaban J connectivity index is 2.24. The van der Waals surface area contributed by atoms with Crippen LogP contribution in [0.5, 0.6) is 0 Å². The summed E-state index contributed by atoms with van der Waals surface area (Å²) in [5.41, 5.74) is -1.27. The van der Waals surface area contributed by atoms with Gasteiger partial charge in [0.05, 0.1) is 18.8 Å². The zero-order valence-corrected chi connectivity index (χ0v) is 11.5. The van der Waals surface area contributed by atoms with E-state index in [0.29, 0.717) is 19.3 Å². The lowest BCUT2D eigenvalue weighted by atomic mass is 9.75. The second-order valence-corrected chi connectivity index (χ2v) is 6.08. The average Bonchev–Trinajstić information content (AvgIpc) is 2.82. The number of carbonyl (C=O) groups excluding carboxylic acids is 2. The highest BCUT2D eigenvalue weighted by Gasteiger charge is 2.50. The van der Waals surface area contributed by atoms with Gasteiger partial charge in [-0.3, -0.25) is 14.5 Å². The molecule has 0 bridgehead atoms. The Morgan fingerprint density at radius 3 is 1.95 bits per heavy atom. The van der Waals surface area contributed by atoms with E-state index in [1.54, 1.807) is 6.92 Å². The second kappa shape index (κ2) is 5.21. The first-order valence-corrected chi connectivity index (χ1v) is 7.10. The SMILES string of the molecule is CCC(CO)(CO)N1C(=O)CC2(CCCC2)CC1=O. The number of rotatable bonds is 4. The molecular weight excluding hydrogens is 246 g/mol. The molecule has 2 aliphatic rings. The number of aliphatic hydroxyl groups is 2. The Labute approximate surface area is 113 Å². The molecule has 0 unspecified atom stereocenters. The van der Waals surface area contributed by atoms with Crippen molar-refractivity contribution in [1.29, 1.82) is 0 Å². The van der Waals surface area contributed by atoms with E-state index < -0.39 is 5.54 Å². The second-order valence-electron chi connectivity index (χ2n) is 6.08. The highest BCUT2D eigenvalue weighted by Crippen LogP contribution is 2.48. The van der Waals surface area contributed by atoms with E-state index in [1.165, 1.54) is 0 Å². The monoisotopic (exact) mass is 269 g/mol. The summed E-state index contributed by atoms with van der Waals surface area (Å²) in [6.45, 7) is 1.00. The summed E-state index contributed by atoms with van der Waals surface area (Å²) in [5.74, 6) is -0.466. The first-order chi connectivity index (χ1) is 9.02. The van der Waals surface area contributed by atoms with E-state index in [9.17, 15) is 19.8 Å². The minimum absolute atomic E-state index is 0.144. The van der Waals surface area contributed by atoms with Gasteiger partial charge < -0.3 is 10.2 Å². The van der Waals surface area contributed by atoms with Gasteiger partial charge >= 0.3 is 0 Å². The van der Waals surface area contributed by atoms with Crippen molar-refractivity contribution < 1.29 is 19.8 Å². The predicted molar refractivity (Wildman–Crippen MR) is 69.2 cm³/mol. The Morgan fingerprint density at radius 1 is 1.11 bits per heavy atom. The maximum absolute atomic E-state index is 12.4. The lowest BCUT2D eigenvalue weighted by Gasteiger charge is -2.46. The van der Waals surface area contributed by atoms with Gasteiger partial charge in [-0.05, 0) is 24.7 Å². The number of amides is 2. The third-order valence-corrected chi connectivity index (χ3v) is 4.94. The van der Waals surface area contributed by atoms with E-state index in [2.05, 4.69) is 0 Å². The van der Waals surface area contributed by atoms with Crippen molar-refractivity contribution in [2.24, 2.45) is 5.41 Å². The molecule has 0 aromatic heterocycles. The summed E-state index contributed by atoms with van der Waals surface area (Å²) < 4.78 is 0. The normalized spacial score (nSPS) is 23.4. The fraction of sp³-hybridized carbons (Fsp3) is 0.857. The van der Waals surface area contributed by atoms with Crippen LogP contribution in [-0.2, 0) is 9.59 Å². The number of likely N-dealkylation sites (tertiary alicyclic amines) is 1. The zero-order valence-electron chi connectivity index (χ0n) is 11.5. The molecule has 2 fully saturated rings. The molecule has 1 saturated carbocycles. The van der Waals surface area contributed by atoms with Crippen molar-refractivity contribution >= 4 is 11.8 Å². The molecule has 2 rings (SSSR count). The minimum atomic E-state index is -1.13. The Hall–Kier alpha value is -0.940. The highest BCUT2D eigenvalue weighted by molar-refractivity contribution is 5.99. The van der Waals surface area contributed by atoms with E-state index in [0.717, 1.165) is 30.6 Å². The van der Waals surface area contributed by atoms with E-state index >= 15 is 0 Å². The maximum atomic E-state index is 12.4. The molecule has 0 atom stereocenters. The van der Waals surface area contributed by atoms with Crippen LogP contribution in [0.2, 0.25) is 0 Å². The summed E-state index contributed by atoms with van der Waals surface area (Å²) in [6, 6.07) is 0. The smallest absolute Gasteiger partial charge is 0.230 e. The van der Waals surface area contributed by atoms with E-state index in [-0.39, 0.29) is 30.4 Å². The van der Waals surface area contributed by atoms with Crippen LogP contribution in [0.3, 0.4) is 0 Å². The molecule has 0 aromatic carbocycles. The van der Waals surface area contributed by atoms with Crippen LogP contribution in [0, 0.1) is 5.41 Å². The fourth-order valence-corrected chi connectivity index (χ4v) is 3.58. The maximum Gasteiger partial charge on any atom is 0.230 e. The van der Waals surface area contributed by atoms with Gasteiger partial charge in [-0.25, -0.2) is 0 Å². The number of hydrogen-bond donors (Lipinski definition) is 2. The van der Waals surface area contributed by atoms with Gasteiger partial charge in [-0.1, -0.05) is 19.8 Å². The lowest BCUT2D eigenvalue weighted by Crippen LogP contribution is -2.62. The largest absolute Gasteiger partial charge is 0.394 e. The molecule has 1 saturated heterocycles. The molecule has 1 aliphatic carbocycles. The Morgan fingerprint density at radius 2 is 1.58 bits per heavy atom. The van der Waals surface area contributed by atoms with Gasteiger partial charge in [0.2, 0.25) is 11.8 Å². The molecule has 0 radical (unpaired) electrons. The zero-order chi connectivity index (χ0) is 14.1. The molecule has 108 valence electrons. The van der Waals surface area contributed by atoms with Crippen LogP contribution in [0.4, 0.5) is 0 Å². The van der Waals surface area contributed by atoms with Gasteiger partial charge in [-0.15, -0.1) is 0 Å². The van der Waals surface area contributed by atoms with E-state index in [4.69, 9.17) is 0 Å². The molecule has 2 N–H and O–H groups in total. The van der Waals surface area contributed by atoms with Crippen LogP contribution in [0.1, 0.15) is 51.9 Å². The van der Waals surface area contributed by atoms with Gasteiger partial charge in [0, 0.05) is 12.8 Å². The summed E-state index contributed by atoms with van der Waals surface area (Å²) in [6.07, 6.45) is 5.16. The Kier molecular flexibility index (Phi) is 3.97. The highest BCUT2D eigenvalue weighted by atomic mass is 16.3. The molecule has 19 heavy (non-hydrogen) atoms. The molecule has 1 aliphatic heterocycles. The van der Waals surface area contributed by atoms with Gasteiger partial charge in [0.25, 0.3) is 0 Å². The Bertz CT molecular complexity index is 341. The van der Waals surface area contributed by atoms with Gasteiger partial charge in [0.1, 0.15) is 0 Å². The van der Waals surface area contributed by atoms with Crippen LogP contribution in [0.15, 0.2) is 0 Å². The minimum Gasteiger partial charge on any atom is -0.394 e. The molecule has 0 aromatic rings. The number of hydrogen-bond acceptors (Lipinski definition) is 4. The average molecular weight is 269 g/mol. The standard InChI is InChI=1S/C14H23NO4/c1-2-14(9-16,10-17)15-11(18)7-13(8-12(15)19)5-3-4-6-13/h16-17H,2-10H2,1H3. The van der Waals surface area contributed by atoms with Gasteiger partial charge in [0.15, 0.2) is 0 Å². The van der Waals surface area contributed by atoms with Crippen LogP contribution in [0.25, 0.3) is 0 Å². The topological polar surface area (TPSA) is 77.8 Å². The van der Waals surface area contributed by atoms with Crippen LogP contribution < -0.4 is 0 Å². The number of imide groups is 1. The van der Waals surface area contributed by atoms with Crippen molar-refractivity contribution in [3.8, 4) is 0 Å².